The van der Waals surface area contributed by atoms with Crippen molar-refractivity contribution in [2.24, 2.45) is 0 Å². The molecule has 0 saturated carbocycles. The quantitative estimate of drug-likeness (QED) is 0.401. The van der Waals surface area contributed by atoms with Gasteiger partial charge in [-0.3, -0.25) is 0 Å². The summed E-state index contributed by atoms with van der Waals surface area (Å²) in [6, 6.07) is 0. The van der Waals surface area contributed by atoms with Gasteiger partial charge in [-0.05, 0) is 0 Å². The monoisotopic (exact) mass is 358 g/mol. The molecule has 1 unspecified atom stereocenters. The zero-order chi connectivity index (χ0) is 14.8. The fourth-order valence-corrected chi connectivity index (χ4v) is 4.27. The summed E-state index contributed by atoms with van der Waals surface area (Å²) in [6.45, 7) is 3.03. The molecule has 0 radical (unpaired) electrons. The maximum atomic E-state index is 5.98. The maximum absolute atomic E-state index is 5.98. The van der Waals surface area contributed by atoms with E-state index in [0.29, 0.717) is 14.5 Å². The summed E-state index contributed by atoms with van der Waals surface area (Å²) in [7, 11) is 0. The van der Waals surface area contributed by atoms with E-state index in [1.807, 2.05) is 0 Å². The molecule has 21 heavy (non-hydrogen) atoms. The second kappa shape index (κ2) is 10.3. The van der Waals surface area contributed by atoms with Crippen molar-refractivity contribution in [2.45, 2.75) is 83.7 Å². The van der Waals surface area contributed by atoms with Crippen LogP contribution in [0.5, 0.6) is 11.5 Å². The van der Waals surface area contributed by atoms with Gasteiger partial charge in [0, 0.05) is 0 Å². The van der Waals surface area contributed by atoms with Gasteiger partial charge in [-0.15, -0.1) is 0 Å². The minimum atomic E-state index is 0.288. The molecule has 3 heteroatoms. The minimum absolute atomic E-state index is 0.288. The van der Waals surface area contributed by atoms with Gasteiger partial charge in [-0.25, -0.2) is 0 Å². The SMILES string of the molecule is CCCCCCCCCCCCC1COc2c[se]cc2O1. The Bertz CT molecular complexity index is 375. The van der Waals surface area contributed by atoms with Gasteiger partial charge in [0.2, 0.25) is 0 Å². The third-order valence-electron chi connectivity index (χ3n) is 4.19. The van der Waals surface area contributed by atoms with Crippen molar-refractivity contribution >= 4 is 14.5 Å². The molecular formula is C18H30O2Se. The first-order valence-corrected chi connectivity index (χ1v) is 10.7. The van der Waals surface area contributed by atoms with Crippen molar-refractivity contribution in [1.29, 1.82) is 0 Å². The number of ether oxygens (including phenoxy) is 2. The van der Waals surface area contributed by atoms with Crippen LogP contribution in [0.3, 0.4) is 0 Å². The van der Waals surface area contributed by atoms with Gasteiger partial charge >= 0.3 is 109 Å². The number of hydrogen-bond donors (Lipinski definition) is 0. The average molecular weight is 357 g/mol. The van der Waals surface area contributed by atoms with E-state index >= 15 is 0 Å². The van der Waals surface area contributed by atoms with E-state index in [9.17, 15) is 0 Å². The predicted molar refractivity (Wildman–Crippen MR) is 89.8 cm³/mol. The summed E-state index contributed by atoms with van der Waals surface area (Å²) < 4.78 is 11.7. The van der Waals surface area contributed by atoms with Crippen LogP contribution in [0.2, 0.25) is 0 Å². The Balaban J connectivity index is 1.41. The molecule has 2 heterocycles. The Kier molecular flexibility index (Phi) is 8.36. The van der Waals surface area contributed by atoms with Crippen molar-refractivity contribution in [3.8, 4) is 11.5 Å². The molecule has 120 valence electrons. The van der Waals surface area contributed by atoms with E-state index in [1.165, 1.54) is 64.2 Å². The number of fused-ring (bicyclic) bond motifs is 1. The van der Waals surface area contributed by atoms with E-state index in [-0.39, 0.29) is 6.10 Å². The fourth-order valence-electron chi connectivity index (χ4n) is 2.86. The van der Waals surface area contributed by atoms with Gasteiger partial charge in [0.1, 0.15) is 0 Å². The van der Waals surface area contributed by atoms with Crippen molar-refractivity contribution in [3.05, 3.63) is 9.88 Å². The molecule has 0 saturated heterocycles. The van der Waals surface area contributed by atoms with Crippen LogP contribution in [0.25, 0.3) is 0 Å². The first-order chi connectivity index (χ1) is 10.4. The second-order valence-corrected chi connectivity index (χ2v) is 7.68. The first-order valence-electron chi connectivity index (χ1n) is 8.75. The van der Waals surface area contributed by atoms with E-state index in [0.717, 1.165) is 24.5 Å². The molecule has 1 atom stereocenters. The van der Waals surface area contributed by atoms with Crippen molar-refractivity contribution in [1.82, 2.24) is 0 Å². The Hall–Kier alpha value is -0.401. The van der Waals surface area contributed by atoms with Crippen LogP contribution in [-0.4, -0.2) is 27.2 Å². The van der Waals surface area contributed by atoms with Gasteiger partial charge in [0.15, 0.2) is 0 Å². The molecular weight excluding hydrogens is 327 g/mol. The molecule has 0 aliphatic carbocycles. The van der Waals surface area contributed by atoms with Crippen LogP contribution in [0, 0.1) is 0 Å². The molecule has 1 aromatic rings. The first kappa shape index (κ1) is 17.0. The molecule has 0 N–H and O–H groups in total. The van der Waals surface area contributed by atoms with Crippen LogP contribution in [0.15, 0.2) is 9.88 Å². The zero-order valence-corrected chi connectivity index (χ0v) is 15.2. The van der Waals surface area contributed by atoms with E-state index in [4.69, 9.17) is 9.47 Å². The molecule has 0 amide bonds. The summed E-state index contributed by atoms with van der Waals surface area (Å²) in [4.78, 5) is 4.35. The summed E-state index contributed by atoms with van der Waals surface area (Å²) in [5.41, 5.74) is 0. The average Bonchev–Trinajstić information content (AvgIpc) is 2.97. The normalized spacial score (nSPS) is 17.1. The number of unbranched alkanes of at least 4 members (excludes halogenated alkanes) is 9. The van der Waals surface area contributed by atoms with Gasteiger partial charge < -0.3 is 0 Å². The second-order valence-electron chi connectivity index (χ2n) is 6.12. The van der Waals surface area contributed by atoms with Crippen molar-refractivity contribution in [3.63, 3.8) is 0 Å². The third-order valence-corrected chi connectivity index (χ3v) is 5.66. The van der Waals surface area contributed by atoms with Crippen LogP contribution in [0.1, 0.15) is 77.6 Å². The van der Waals surface area contributed by atoms with E-state index in [2.05, 4.69) is 16.8 Å². The molecule has 2 nitrogen and oxygen atoms in total. The van der Waals surface area contributed by atoms with Gasteiger partial charge in [-0.2, -0.15) is 0 Å². The summed E-state index contributed by atoms with van der Waals surface area (Å²) >= 11 is 0.455. The van der Waals surface area contributed by atoms with Crippen molar-refractivity contribution in [2.75, 3.05) is 6.61 Å². The Morgan fingerprint density at radius 3 is 2.24 bits per heavy atom. The molecule has 0 spiro atoms. The summed E-state index contributed by atoms with van der Waals surface area (Å²) in [5.74, 6) is 2.01. The predicted octanol–water partition coefficient (Wildman–Crippen LogP) is 5.19. The Morgan fingerprint density at radius 2 is 1.52 bits per heavy atom. The summed E-state index contributed by atoms with van der Waals surface area (Å²) in [6.07, 6.45) is 15.4. The van der Waals surface area contributed by atoms with Crippen LogP contribution < -0.4 is 9.47 Å². The topological polar surface area (TPSA) is 18.5 Å². The standard InChI is InChI=1S/C18H30O2Se/c1-2-3-4-5-6-7-8-9-10-11-12-16-13-19-17-14-21-15-18(17)20-16/h14-16H,2-13H2,1H3. The summed E-state index contributed by atoms with van der Waals surface area (Å²) in [5, 5.41) is 0. The van der Waals surface area contributed by atoms with E-state index in [1.54, 1.807) is 0 Å². The molecule has 1 aliphatic heterocycles. The Labute approximate surface area is 136 Å². The van der Waals surface area contributed by atoms with Gasteiger partial charge in [-0.1, -0.05) is 26.2 Å². The number of rotatable bonds is 11. The van der Waals surface area contributed by atoms with Crippen LogP contribution in [-0.2, 0) is 0 Å². The molecule has 0 fully saturated rings. The van der Waals surface area contributed by atoms with Crippen molar-refractivity contribution < 1.29 is 9.47 Å². The molecule has 0 bridgehead atoms. The van der Waals surface area contributed by atoms with Gasteiger partial charge in [0.25, 0.3) is 0 Å². The zero-order valence-electron chi connectivity index (χ0n) is 13.4. The van der Waals surface area contributed by atoms with Crippen LogP contribution >= 0.6 is 0 Å². The molecule has 1 aliphatic rings. The third kappa shape index (κ3) is 6.48. The number of hydrogen-bond acceptors (Lipinski definition) is 2. The molecule has 0 aromatic carbocycles. The van der Waals surface area contributed by atoms with Gasteiger partial charge in [0.05, 0.1) is 0 Å². The molecule has 2 rings (SSSR count). The molecule has 1 aromatic heterocycles. The van der Waals surface area contributed by atoms with E-state index < -0.39 is 0 Å². The Morgan fingerprint density at radius 1 is 0.905 bits per heavy atom. The fraction of sp³-hybridized carbons (Fsp3) is 0.778. The van der Waals surface area contributed by atoms with Crippen LogP contribution in [0.4, 0.5) is 0 Å².